The van der Waals surface area contributed by atoms with Crippen LogP contribution in [0.1, 0.15) is 19.6 Å². The average Bonchev–Trinajstić information content (AvgIpc) is 3.44. The maximum absolute atomic E-state index is 11.1. The van der Waals surface area contributed by atoms with Crippen LogP contribution in [0.4, 0.5) is 0 Å². The molecule has 3 aromatic heterocycles. The second-order valence-electron chi connectivity index (χ2n) is 9.94. The number of aromatic amines is 1. The quantitative estimate of drug-likeness (QED) is 0.279. The van der Waals surface area contributed by atoms with Gasteiger partial charge in [-0.1, -0.05) is 36.4 Å². The Balaban J connectivity index is 1.79. The maximum Gasteiger partial charge on any atom is 0.200 e. The largest absolute Gasteiger partial charge is 0.494 e. The van der Waals surface area contributed by atoms with Crippen LogP contribution >= 0.6 is 0 Å². The third-order valence-corrected chi connectivity index (χ3v) is 8.22. The van der Waals surface area contributed by atoms with Gasteiger partial charge in [0.05, 0.1) is 32.8 Å². The van der Waals surface area contributed by atoms with Gasteiger partial charge in [0.1, 0.15) is 12.3 Å². The first-order chi connectivity index (χ1) is 17.0. The summed E-state index contributed by atoms with van der Waals surface area (Å²) in [5, 5.41) is 27.0. The molecule has 8 heteroatoms. The van der Waals surface area contributed by atoms with Crippen molar-refractivity contribution < 1.29 is 19.7 Å². The average molecular weight is 469 g/mol. The van der Waals surface area contributed by atoms with Gasteiger partial charge in [0, 0.05) is 41.1 Å². The number of H-pyrrole nitrogens is 1. The Morgan fingerprint density at radius 2 is 1.54 bits per heavy atom. The molecule has 0 amide bonds. The molecule has 2 aliphatic heterocycles. The van der Waals surface area contributed by atoms with Crippen LogP contribution in [0.2, 0.25) is 0 Å². The summed E-state index contributed by atoms with van der Waals surface area (Å²) >= 11 is 0. The van der Waals surface area contributed by atoms with Crippen molar-refractivity contribution in [3.05, 3.63) is 48.5 Å². The number of nitrogens with one attached hydrogen (secondary N) is 1. The van der Waals surface area contributed by atoms with Crippen LogP contribution in [-0.2, 0) is 15.2 Å². The van der Waals surface area contributed by atoms with Gasteiger partial charge in [0.25, 0.3) is 0 Å². The molecule has 5 N–H and O–H groups in total. The summed E-state index contributed by atoms with van der Waals surface area (Å²) < 4.78 is 17.4. The minimum Gasteiger partial charge on any atom is -0.494 e. The molecule has 0 spiro atoms. The first-order valence-corrected chi connectivity index (χ1v) is 11.8. The molecule has 0 saturated carbocycles. The number of hydrogen-bond donors (Lipinski definition) is 4. The van der Waals surface area contributed by atoms with E-state index >= 15 is 0 Å². The predicted octanol–water partition coefficient (Wildman–Crippen LogP) is 4.74. The molecule has 35 heavy (non-hydrogen) atoms. The highest BCUT2D eigenvalue weighted by Crippen LogP contribution is 2.55. The van der Waals surface area contributed by atoms with E-state index in [1.807, 2.05) is 37.3 Å². The molecule has 1 saturated heterocycles. The van der Waals surface area contributed by atoms with Crippen molar-refractivity contribution in [3.8, 4) is 11.8 Å². The van der Waals surface area contributed by atoms with Gasteiger partial charge in [-0.15, -0.1) is 0 Å². The predicted molar refractivity (Wildman–Crippen MR) is 135 cm³/mol. The van der Waals surface area contributed by atoms with Crippen LogP contribution in [0.5, 0.6) is 11.8 Å². The normalized spacial score (nSPS) is 26.1. The maximum atomic E-state index is 11.1. The Kier molecular flexibility index (Phi) is 3.41. The molecule has 3 aromatic carbocycles. The van der Waals surface area contributed by atoms with E-state index in [0.717, 1.165) is 43.6 Å². The molecule has 2 bridgehead atoms. The number of benzene rings is 3. The summed E-state index contributed by atoms with van der Waals surface area (Å²) in [6.07, 6.45) is -0.153. The Labute approximate surface area is 199 Å². The lowest BCUT2D eigenvalue weighted by Gasteiger charge is -2.47. The van der Waals surface area contributed by atoms with Gasteiger partial charge in [-0.3, -0.25) is 4.98 Å². The minimum absolute atomic E-state index is 0.0510. The van der Waals surface area contributed by atoms with Crippen LogP contribution in [-0.4, -0.2) is 43.6 Å². The van der Waals surface area contributed by atoms with Crippen molar-refractivity contribution in [2.45, 2.75) is 37.4 Å². The first kappa shape index (κ1) is 19.6. The van der Waals surface area contributed by atoms with Gasteiger partial charge in [-0.25, -0.2) is 0 Å². The number of aromatic hydroxyl groups is 2. The molecule has 1 fully saturated rings. The molecule has 0 aliphatic carbocycles. The molecule has 2 aliphatic rings. The first-order valence-electron chi connectivity index (χ1n) is 11.8. The number of aromatic nitrogens is 3. The van der Waals surface area contributed by atoms with E-state index in [9.17, 15) is 10.2 Å². The van der Waals surface area contributed by atoms with Crippen molar-refractivity contribution in [1.82, 2.24) is 14.1 Å². The van der Waals surface area contributed by atoms with E-state index in [2.05, 4.69) is 32.3 Å². The van der Waals surface area contributed by atoms with Crippen LogP contribution in [0.15, 0.2) is 48.5 Å². The third-order valence-electron chi connectivity index (χ3n) is 8.22. The van der Waals surface area contributed by atoms with Crippen molar-refractivity contribution in [2.24, 2.45) is 5.73 Å². The highest BCUT2D eigenvalue weighted by atomic mass is 16.6. The van der Waals surface area contributed by atoms with Crippen molar-refractivity contribution in [2.75, 3.05) is 7.11 Å². The molecule has 4 atom stereocenters. The fourth-order valence-corrected chi connectivity index (χ4v) is 7.06. The lowest BCUT2D eigenvalue weighted by atomic mass is 9.93. The smallest absolute Gasteiger partial charge is 0.200 e. The van der Waals surface area contributed by atoms with Crippen molar-refractivity contribution in [3.63, 3.8) is 0 Å². The highest BCUT2D eigenvalue weighted by molar-refractivity contribution is 6.38. The second-order valence-corrected chi connectivity index (χ2v) is 9.94. The summed E-state index contributed by atoms with van der Waals surface area (Å²) in [7, 11) is 1.68. The summed E-state index contributed by atoms with van der Waals surface area (Å²) in [4.78, 5) is 2.79. The zero-order valence-electron chi connectivity index (χ0n) is 19.2. The highest BCUT2D eigenvalue weighted by Gasteiger charge is 2.52. The third kappa shape index (κ3) is 2.03. The fourth-order valence-electron chi connectivity index (χ4n) is 7.06. The molecule has 6 aromatic rings. The molecule has 5 heterocycles. The SMILES string of the molecule is CO[C@H]1[C@@H](N)C[C@@H]2O[C@@]1(C)n1c3ccccc3c3c4c(O)[nH]c(O)c4c4c5ccccc5n2c4c31. The Hall–Kier alpha value is -3.72. The van der Waals surface area contributed by atoms with Crippen molar-refractivity contribution in [1.29, 1.82) is 0 Å². The molecule has 8 nitrogen and oxygen atoms in total. The Morgan fingerprint density at radius 1 is 0.943 bits per heavy atom. The lowest BCUT2D eigenvalue weighted by molar-refractivity contribution is -0.252. The standard InChI is InChI=1S/C27H24N4O4/c1-27-24(34-2)14(28)11-17(35-27)30-15-9-5-3-7-12(15)18-20-21(26(33)29-25(20)32)19-13-8-4-6-10-16(13)31(27)23(19)22(18)30/h3-10,14,17,24,29,32-33H,11,28H2,1-2H3/t14-,17-,24-,27+/m0/s1. The summed E-state index contributed by atoms with van der Waals surface area (Å²) in [5.41, 5.74) is 9.68. The molecule has 176 valence electrons. The van der Waals surface area contributed by atoms with Gasteiger partial charge in [-0.05, 0) is 19.1 Å². The zero-order chi connectivity index (χ0) is 23.8. The minimum atomic E-state index is -0.910. The van der Waals surface area contributed by atoms with Gasteiger partial charge in [-0.2, -0.15) is 0 Å². The van der Waals surface area contributed by atoms with E-state index in [-0.39, 0.29) is 24.0 Å². The van der Waals surface area contributed by atoms with E-state index in [1.165, 1.54) is 0 Å². The second kappa shape index (κ2) is 6.09. The topological polar surface area (TPSA) is 111 Å². The molecule has 0 unspecified atom stereocenters. The van der Waals surface area contributed by atoms with Crippen molar-refractivity contribution >= 4 is 54.4 Å². The molecular formula is C27H24N4O4. The summed E-state index contributed by atoms with van der Waals surface area (Å²) in [6.45, 7) is 2.04. The van der Waals surface area contributed by atoms with Gasteiger partial charge < -0.3 is 34.6 Å². The Bertz CT molecular complexity index is 1880. The molecule has 0 radical (unpaired) electrons. The van der Waals surface area contributed by atoms with E-state index in [1.54, 1.807) is 7.11 Å². The van der Waals surface area contributed by atoms with Crippen LogP contribution in [0.25, 0.3) is 54.4 Å². The molecule has 8 rings (SSSR count). The van der Waals surface area contributed by atoms with Crippen LogP contribution in [0, 0.1) is 0 Å². The van der Waals surface area contributed by atoms with Gasteiger partial charge >= 0.3 is 0 Å². The summed E-state index contributed by atoms with van der Waals surface area (Å²) in [5.74, 6) is -0.109. The Morgan fingerprint density at radius 3 is 2.23 bits per heavy atom. The van der Waals surface area contributed by atoms with E-state index in [0.29, 0.717) is 17.2 Å². The monoisotopic (exact) mass is 468 g/mol. The fraction of sp³-hybridized carbons (Fsp3) is 0.259. The number of hydrogen-bond acceptors (Lipinski definition) is 5. The number of nitrogens with zero attached hydrogens (tertiary/aromatic N) is 2. The number of para-hydroxylation sites is 2. The van der Waals surface area contributed by atoms with Gasteiger partial charge in [0.2, 0.25) is 0 Å². The van der Waals surface area contributed by atoms with E-state index in [4.69, 9.17) is 15.2 Å². The van der Waals surface area contributed by atoms with Gasteiger partial charge in [0.15, 0.2) is 17.5 Å². The summed E-state index contributed by atoms with van der Waals surface area (Å²) in [6, 6.07) is 16.0. The number of nitrogens with two attached hydrogens (primary N) is 1. The lowest BCUT2D eigenvalue weighted by Crippen LogP contribution is -2.59. The van der Waals surface area contributed by atoms with Crippen LogP contribution in [0.3, 0.4) is 0 Å². The van der Waals surface area contributed by atoms with E-state index < -0.39 is 11.8 Å². The number of rotatable bonds is 1. The zero-order valence-corrected chi connectivity index (χ0v) is 19.2. The number of fused-ring (bicyclic) bond motifs is 13. The molecular weight excluding hydrogens is 444 g/mol. The number of methoxy groups -OCH3 is 1. The van der Waals surface area contributed by atoms with Crippen LogP contribution < -0.4 is 5.73 Å². The number of ether oxygens (including phenoxy) is 2.